The molecule has 0 radical (unpaired) electrons. The standard InChI is InChI=1S/C15H19BrN2O3/c1-11-8-12(4-5-13(11)18(20)21)14(19)17-10-15(9-16)6-2-3-7-15/h4-5,8H,2-3,6-7,9-10H2,1H3,(H,17,19). The van der Waals surface area contributed by atoms with E-state index in [1.54, 1.807) is 13.0 Å². The third-order valence-electron chi connectivity index (χ3n) is 4.23. The normalized spacial score (nSPS) is 16.7. The van der Waals surface area contributed by atoms with Gasteiger partial charge in [-0.2, -0.15) is 0 Å². The van der Waals surface area contributed by atoms with Crippen molar-refractivity contribution in [1.82, 2.24) is 5.32 Å². The van der Waals surface area contributed by atoms with Gasteiger partial charge < -0.3 is 5.32 Å². The van der Waals surface area contributed by atoms with E-state index in [1.165, 1.54) is 25.0 Å². The maximum Gasteiger partial charge on any atom is 0.272 e. The first-order chi connectivity index (χ1) is 9.97. The molecule has 0 atom stereocenters. The lowest BCUT2D eigenvalue weighted by atomic mass is 9.89. The molecule has 1 aromatic rings. The van der Waals surface area contributed by atoms with Crippen LogP contribution in [-0.4, -0.2) is 22.7 Å². The van der Waals surface area contributed by atoms with Crippen LogP contribution in [0.4, 0.5) is 5.69 Å². The summed E-state index contributed by atoms with van der Waals surface area (Å²) in [5.74, 6) is -0.166. The van der Waals surface area contributed by atoms with Crippen molar-refractivity contribution in [2.45, 2.75) is 32.6 Å². The molecule has 6 heteroatoms. The number of carbonyl (C=O) groups is 1. The molecular weight excluding hydrogens is 336 g/mol. The Bertz CT molecular complexity index is 554. The number of nitrogens with zero attached hydrogens (tertiary/aromatic N) is 1. The van der Waals surface area contributed by atoms with Crippen molar-refractivity contribution in [2.75, 3.05) is 11.9 Å². The van der Waals surface area contributed by atoms with Crippen molar-refractivity contribution < 1.29 is 9.72 Å². The lowest BCUT2D eigenvalue weighted by Gasteiger charge is -2.26. The van der Waals surface area contributed by atoms with Gasteiger partial charge in [0.15, 0.2) is 0 Å². The first-order valence-corrected chi connectivity index (χ1v) is 8.19. The second-order valence-corrected chi connectivity index (χ2v) is 6.34. The van der Waals surface area contributed by atoms with Crippen LogP contribution in [0.5, 0.6) is 0 Å². The van der Waals surface area contributed by atoms with Crippen LogP contribution in [0.3, 0.4) is 0 Å². The number of rotatable bonds is 5. The highest BCUT2D eigenvalue weighted by atomic mass is 79.9. The first kappa shape index (κ1) is 15.9. The molecule has 114 valence electrons. The Kier molecular flexibility index (Phi) is 4.98. The van der Waals surface area contributed by atoms with Crippen LogP contribution in [0, 0.1) is 22.5 Å². The number of alkyl halides is 1. The van der Waals surface area contributed by atoms with Crippen molar-refractivity contribution in [3.63, 3.8) is 0 Å². The minimum Gasteiger partial charge on any atom is -0.351 e. The maximum absolute atomic E-state index is 12.2. The minimum absolute atomic E-state index is 0.0410. The Morgan fingerprint density at radius 2 is 2.10 bits per heavy atom. The van der Waals surface area contributed by atoms with Gasteiger partial charge in [0.1, 0.15) is 0 Å². The molecule has 0 unspecified atom stereocenters. The van der Waals surface area contributed by atoms with Crippen molar-refractivity contribution in [1.29, 1.82) is 0 Å². The molecule has 0 aromatic heterocycles. The van der Waals surface area contributed by atoms with Crippen molar-refractivity contribution in [3.05, 3.63) is 39.4 Å². The lowest BCUT2D eigenvalue weighted by Crippen LogP contribution is -2.37. The molecule has 0 aliphatic heterocycles. The SMILES string of the molecule is Cc1cc(C(=O)NCC2(CBr)CCCC2)ccc1[N+](=O)[O-]. The second kappa shape index (κ2) is 6.56. The molecule has 2 rings (SSSR count). The molecule has 21 heavy (non-hydrogen) atoms. The number of aryl methyl sites for hydroxylation is 1. The van der Waals surface area contributed by atoms with E-state index in [-0.39, 0.29) is 17.0 Å². The number of halogens is 1. The van der Waals surface area contributed by atoms with Crippen LogP contribution in [0.25, 0.3) is 0 Å². The van der Waals surface area contributed by atoms with Crippen LogP contribution >= 0.6 is 15.9 Å². The zero-order valence-corrected chi connectivity index (χ0v) is 13.6. The van der Waals surface area contributed by atoms with Gasteiger partial charge in [-0.25, -0.2) is 0 Å². The summed E-state index contributed by atoms with van der Waals surface area (Å²) in [6.07, 6.45) is 4.66. The van der Waals surface area contributed by atoms with Gasteiger partial charge in [0.25, 0.3) is 11.6 Å². The molecular formula is C15H19BrN2O3. The summed E-state index contributed by atoms with van der Waals surface area (Å²) in [5, 5.41) is 14.6. The quantitative estimate of drug-likeness (QED) is 0.498. The number of hydrogen-bond acceptors (Lipinski definition) is 3. The van der Waals surface area contributed by atoms with E-state index in [1.807, 2.05) is 0 Å². The highest BCUT2D eigenvalue weighted by Crippen LogP contribution is 2.39. The summed E-state index contributed by atoms with van der Waals surface area (Å²) < 4.78 is 0. The van der Waals surface area contributed by atoms with Crippen LogP contribution < -0.4 is 5.32 Å². The van der Waals surface area contributed by atoms with Crippen molar-refractivity contribution >= 4 is 27.5 Å². The number of carbonyl (C=O) groups excluding carboxylic acids is 1. The molecule has 0 saturated heterocycles. The molecule has 1 saturated carbocycles. The van der Waals surface area contributed by atoms with Crippen LogP contribution in [0.2, 0.25) is 0 Å². The van der Waals surface area contributed by atoms with Gasteiger partial charge in [-0.05, 0) is 37.3 Å². The van der Waals surface area contributed by atoms with E-state index in [0.717, 1.165) is 18.2 Å². The van der Waals surface area contributed by atoms with Crippen LogP contribution in [-0.2, 0) is 0 Å². The largest absolute Gasteiger partial charge is 0.351 e. The zero-order chi connectivity index (χ0) is 15.5. The van der Waals surface area contributed by atoms with E-state index in [0.29, 0.717) is 17.7 Å². The smallest absolute Gasteiger partial charge is 0.272 e. The molecule has 1 N–H and O–H groups in total. The fraction of sp³-hybridized carbons (Fsp3) is 0.533. The fourth-order valence-electron chi connectivity index (χ4n) is 2.85. The van der Waals surface area contributed by atoms with Gasteiger partial charge >= 0.3 is 0 Å². The van der Waals surface area contributed by atoms with Crippen molar-refractivity contribution in [2.24, 2.45) is 5.41 Å². The summed E-state index contributed by atoms with van der Waals surface area (Å²) in [4.78, 5) is 22.5. The number of amides is 1. The van der Waals surface area contributed by atoms with E-state index in [4.69, 9.17) is 0 Å². The summed E-state index contributed by atoms with van der Waals surface area (Å²) in [7, 11) is 0. The molecule has 0 spiro atoms. The summed E-state index contributed by atoms with van der Waals surface area (Å²) in [6.45, 7) is 2.29. The van der Waals surface area contributed by atoms with E-state index in [2.05, 4.69) is 21.2 Å². The summed E-state index contributed by atoms with van der Waals surface area (Å²) >= 11 is 3.55. The Labute approximate surface area is 132 Å². The van der Waals surface area contributed by atoms with Gasteiger partial charge in [-0.1, -0.05) is 28.8 Å². The Morgan fingerprint density at radius 3 is 2.62 bits per heavy atom. The van der Waals surface area contributed by atoms with Gasteiger partial charge in [0.2, 0.25) is 0 Å². The first-order valence-electron chi connectivity index (χ1n) is 7.07. The number of hydrogen-bond donors (Lipinski definition) is 1. The monoisotopic (exact) mass is 354 g/mol. The molecule has 1 aliphatic rings. The fourth-order valence-corrected chi connectivity index (χ4v) is 3.61. The van der Waals surface area contributed by atoms with Gasteiger partial charge in [0.05, 0.1) is 4.92 Å². The van der Waals surface area contributed by atoms with Gasteiger partial charge in [-0.15, -0.1) is 0 Å². The van der Waals surface area contributed by atoms with Gasteiger partial charge in [-0.3, -0.25) is 14.9 Å². The van der Waals surface area contributed by atoms with E-state index in [9.17, 15) is 14.9 Å². The van der Waals surface area contributed by atoms with E-state index >= 15 is 0 Å². The molecule has 5 nitrogen and oxygen atoms in total. The summed E-state index contributed by atoms with van der Waals surface area (Å²) in [5.41, 5.74) is 1.18. The topological polar surface area (TPSA) is 72.2 Å². The number of nitro benzene ring substituents is 1. The zero-order valence-electron chi connectivity index (χ0n) is 12.0. The van der Waals surface area contributed by atoms with E-state index < -0.39 is 4.92 Å². The Balaban J connectivity index is 2.03. The van der Waals surface area contributed by atoms with Crippen LogP contribution in [0.1, 0.15) is 41.6 Å². The summed E-state index contributed by atoms with van der Waals surface area (Å²) in [6, 6.07) is 4.47. The third kappa shape index (κ3) is 3.61. The number of nitro groups is 1. The predicted octanol–water partition coefficient (Wildman–Crippen LogP) is 3.59. The van der Waals surface area contributed by atoms with Gasteiger partial charge in [0, 0.05) is 29.1 Å². The number of benzene rings is 1. The molecule has 0 heterocycles. The Hall–Kier alpha value is -1.43. The highest BCUT2D eigenvalue weighted by Gasteiger charge is 2.33. The molecule has 0 bridgehead atoms. The second-order valence-electron chi connectivity index (χ2n) is 5.78. The van der Waals surface area contributed by atoms with Crippen LogP contribution in [0.15, 0.2) is 18.2 Å². The molecule has 1 aromatic carbocycles. The molecule has 1 aliphatic carbocycles. The lowest BCUT2D eigenvalue weighted by molar-refractivity contribution is -0.385. The highest BCUT2D eigenvalue weighted by molar-refractivity contribution is 9.09. The predicted molar refractivity (Wildman–Crippen MR) is 84.9 cm³/mol. The average Bonchev–Trinajstić information content (AvgIpc) is 2.93. The molecule has 1 amide bonds. The molecule has 1 fully saturated rings. The van der Waals surface area contributed by atoms with Crippen molar-refractivity contribution in [3.8, 4) is 0 Å². The average molecular weight is 355 g/mol. The maximum atomic E-state index is 12.2. The third-order valence-corrected chi connectivity index (χ3v) is 5.42. The Morgan fingerprint density at radius 1 is 1.43 bits per heavy atom. The number of nitrogens with one attached hydrogen (secondary N) is 1. The minimum atomic E-state index is -0.435.